The van der Waals surface area contributed by atoms with Crippen molar-refractivity contribution >= 4 is 11.9 Å². The van der Waals surface area contributed by atoms with Gasteiger partial charge in [0.2, 0.25) is 5.91 Å². The van der Waals surface area contributed by atoms with E-state index in [0.29, 0.717) is 44.2 Å². The van der Waals surface area contributed by atoms with Gasteiger partial charge in [0.1, 0.15) is 11.4 Å². The molecule has 1 fully saturated rings. The Kier molecular flexibility index (Phi) is 7.58. The smallest absolute Gasteiger partial charge is 0.307 e. The second-order valence-electron chi connectivity index (χ2n) is 8.37. The lowest BCUT2D eigenvalue weighted by Gasteiger charge is -2.41. The fourth-order valence-electron chi connectivity index (χ4n) is 4.21. The molecule has 0 bridgehead atoms. The van der Waals surface area contributed by atoms with Crippen LogP contribution in [-0.2, 0) is 15.2 Å². The fraction of sp³-hybridized carbons (Fsp3) is 0.636. The summed E-state index contributed by atoms with van der Waals surface area (Å²) in [7, 11) is 0. The Bertz CT molecular complexity index is 676. The van der Waals surface area contributed by atoms with E-state index in [1.165, 1.54) is 12.1 Å². The number of β-amino-alcohol motifs (C(OH)–C–C–N with tert-alkyl or cyclic N) is 1. The Balaban J connectivity index is 2.25. The summed E-state index contributed by atoms with van der Waals surface area (Å²) in [6.07, 6.45) is 2.74. The molecule has 5 nitrogen and oxygen atoms in total. The number of piperidine rings is 1. The molecule has 1 heterocycles. The van der Waals surface area contributed by atoms with Crippen molar-refractivity contribution in [3.8, 4) is 0 Å². The summed E-state index contributed by atoms with van der Waals surface area (Å²) in [5.74, 6) is -2.65. The Hall–Kier alpha value is -1.95. The SMILES string of the molecule is CCC[C@H](C(=O)O)C(CC(C)C)C(=O)N1CCCC(O)(c2ccc(F)cc2)C1. The zero-order valence-corrected chi connectivity index (χ0v) is 17.0. The second-order valence-corrected chi connectivity index (χ2v) is 8.37. The fourth-order valence-corrected chi connectivity index (χ4v) is 4.21. The van der Waals surface area contributed by atoms with E-state index >= 15 is 0 Å². The lowest BCUT2D eigenvalue weighted by Crippen LogP contribution is -2.51. The predicted octanol–water partition coefficient (Wildman–Crippen LogP) is 3.80. The number of carbonyl (C=O) groups excluding carboxylic acids is 1. The molecule has 0 aliphatic carbocycles. The number of hydrogen-bond acceptors (Lipinski definition) is 3. The van der Waals surface area contributed by atoms with E-state index < -0.39 is 23.4 Å². The van der Waals surface area contributed by atoms with Crippen LogP contribution in [0.4, 0.5) is 4.39 Å². The van der Waals surface area contributed by atoms with Gasteiger partial charge in [0.25, 0.3) is 0 Å². The van der Waals surface area contributed by atoms with Gasteiger partial charge in [-0.3, -0.25) is 9.59 Å². The van der Waals surface area contributed by atoms with E-state index in [-0.39, 0.29) is 24.2 Å². The van der Waals surface area contributed by atoms with E-state index in [2.05, 4.69) is 0 Å². The monoisotopic (exact) mass is 393 g/mol. The van der Waals surface area contributed by atoms with Crippen molar-refractivity contribution in [3.05, 3.63) is 35.6 Å². The number of likely N-dealkylation sites (tertiary alicyclic amines) is 1. The zero-order valence-electron chi connectivity index (χ0n) is 17.0. The van der Waals surface area contributed by atoms with Crippen molar-refractivity contribution in [2.24, 2.45) is 17.8 Å². The Morgan fingerprint density at radius 2 is 1.86 bits per heavy atom. The molecule has 2 rings (SSSR count). The largest absolute Gasteiger partial charge is 0.481 e. The number of amides is 1. The van der Waals surface area contributed by atoms with Gasteiger partial charge in [0, 0.05) is 6.54 Å². The number of carbonyl (C=O) groups is 2. The highest BCUT2D eigenvalue weighted by atomic mass is 19.1. The number of carboxylic acids is 1. The van der Waals surface area contributed by atoms with Gasteiger partial charge in [-0.1, -0.05) is 39.3 Å². The maximum absolute atomic E-state index is 13.3. The molecule has 2 N–H and O–H groups in total. The van der Waals surface area contributed by atoms with Crippen LogP contribution < -0.4 is 0 Å². The van der Waals surface area contributed by atoms with Gasteiger partial charge in [0.15, 0.2) is 0 Å². The molecule has 0 aromatic heterocycles. The topological polar surface area (TPSA) is 77.8 Å². The lowest BCUT2D eigenvalue weighted by molar-refractivity contribution is -0.154. The summed E-state index contributed by atoms with van der Waals surface area (Å²) in [5.41, 5.74) is -0.664. The predicted molar refractivity (Wildman–Crippen MR) is 105 cm³/mol. The minimum Gasteiger partial charge on any atom is -0.481 e. The average molecular weight is 393 g/mol. The lowest BCUT2D eigenvalue weighted by atomic mass is 9.80. The summed E-state index contributed by atoms with van der Waals surface area (Å²) >= 11 is 0. The molecule has 1 saturated heterocycles. The molecule has 0 spiro atoms. The number of rotatable bonds is 8. The van der Waals surface area contributed by atoms with Gasteiger partial charge >= 0.3 is 5.97 Å². The molecule has 3 atom stereocenters. The molecule has 6 heteroatoms. The number of benzene rings is 1. The summed E-state index contributed by atoms with van der Waals surface area (Å²) < 4.78 is 13.2. The van der Waals surface area contributed by atoms with Crippen molar-refractivity contribution in [2.45, 2.75) is 58.5 Å². The van der Waals surface area contributed by atoms with Gasteiger partial charge in [-0.05, 0) is 49.3 Å². The molecule has 0 radical (unpaired) electrons. The quantitative estimate of drug-likeness (QED) is 0.704. The van der Waals surface area contributed by atoms with Crippen LogP contribution in [0.25, 0.3) is 0 Å². The van der Waals surface area contributed by atoms with Crippen LogP contribution in [-0.4, -0.2) is 40.1 Å². The Morgan fingerprint density at radius 3 is 2.39 bits per heavy atom. The molecule has 2 unspecified atom stereocenters. The Labute approximate surface area is 166 Å². The summed E-state index contributed by atoms with van der Waals surface area (Å²) in [6.45, 7) is 6.48. The van der Waals surface area contributed by atoms with E-state index in [1.54, 1.807) is 17.0 Å². The number of aliphatic hydroxyl groups is 1. The number of aliphatic carboxylic acids is 1. The molecule has 28 heavy (non-hydrogen) atoms. The van der Waals surface area contributed by atoms with Gasteiger partial charge < -0.3 is 15.1 Å². The molecule has 156 valence electrons. The van der Waals surface area contributed by atoms with Crippen molar-refractivity contribution in [1.82, 2.24) is 4.90 Å². The molecule has 1 aliphatic rings. The van der Waals surface area contributed by atoms with E-state index in [0.717, 1.165) is 0 Å². The van der Waals surface area contributed by atoms with E-state index in [1.807, 2.05) is 20.8 Å². The Morgan fingerprint density at radius 1 is 1.21 bits per heavy atom. The summed E-state index contributed by atoms with van der Waals surface area (Å²) in [5, 5.41) is 20.8. The van der Waals surface area contributed by atoms with Gasteiger partial charge in [0.05, 0.1) is 18.4 Å². The van der Waals surface area contributed by atoms with Crippen LogP contribution in [0.2, 0.25) is 0 Å². The maximum Gasteiger partial charge on any atom is 0.307 e. The first-order valence-corrected chi connectivity index (χ1v) is 10.2. The number of hydrogen-bond donors (Lipinski definition) is 2. The summed E-state index contributed by atoms with van der Waals surface area (Å²) in [6, 6.07) is 5.70. The third-order valence-electron chi connectivity index (χ3n) is 5.61. The van der Waals surface area contributed by atoms with Crippen molar-refractivity contribution < 1.29 is 24.2 Å². The van der Waals surface area contributed by atoms with Gasteiger partial charge in [-0.15, -0.1) is 0 Å². The van der Waals surface area contributed by atoms with Crippen molar-refractivity contribution in [2.75, 3.05) is 13.1 Å². The second kappa shape index (κ2) is 9.50. The first-order chi connectivity index (χ1) is 13.2. The van der Waals surface area contributed by atoms with Crippen LogP contribution in [0.5, 0.6) is 0 Å². The summed E-state index contributed by atoms with van der Waals surface area (Å²) in [4.78, 5) is 26.7. The molecule has 1 amide bonds. The number of nitrogens with zero attached hydrogens (tertiary/aromatic N) is 1. The number of carboxylic acid groups (broad SMARTS) is 1. The molecular weight excluding hydrogens is 361 g/mol. The molecule has 0 saturated carbocycles. The van der Waals surface area contributed by atoms with Crippen LogP contribution in [0, 0.1) is 23.6 Å². The molecule has 1 aromatic carbocycles. The van der Waals surface area contributed by atoms with Gasteiger partial charge in [-0.25, -0.2) is 4.39 Å². The average Bonchev–Trinajstić information content (AvgIpc) is 2.64. The van der Waals surface area contributed by atoms with Crippen molar-refractivity contribution in [3.63, 3.8) is 0 Å². The molecular formula is C22H32FNO4. The van der Waals surface area contributed by atoms with E-state index in [9.17, 15) is 24.2 Å². The maximum atomic E-state index is 13.3. The minimum absolute atomic E-state index is 0.102. The zero-order chi connectivity index (χ0) is 20.9. The van der Waals surface area contributed by atoms with Crippen molar-refractivity contribution in [1.29, 1.82) is 0 Å². The number of halogens is 1. The highest BCUT2D eigenvalue weighted by Crippen LogP contribution is 2.34. The first kappa shape index (κ1) is 22.3. The molecule has 1 aliphatic heterocycles. The highest BCUT2D eigenvalue weighted by Gasteiger charge is 2.41. The van der Waals surface area contributed by atoms with Crippen LogP contribution in [0.1, 0.15) is 58.4 Å². The third-order valence-corrected chi connectivity index (χ3v) is 5.61. The molecule has 1 aromatic rings. The van der Waals surface area contributed by atoms with Crippen LogP contribution in [0.15, 0.2) is 24.3 Å². The highest BCUT2D eigenvalue weighted by molar-refractivity contribution is 5.85. The first-order valence-electron chi connectivity index (χ1n) is 10.2. The minimum atomic E-state index is -1.24. The van der Waals surface area contributed by atoms with Crippen LogP contribution in [0.3, 0.4) is 0 Å². The van der Waals surface area contributed by atoms with Crippen LogP contribution >= 0.6 is 0 Å². The third kappa shape index (κ3) is 5.31. The standard InChI is InChI=1S/C22H32FNO4/c1-4-6-18(21(26)27)19(13-15(2)3)20(25)24-12-5-11-22(28,14-24)16-7-9-17(23)10-8-16/h7-10,15,18-19,28H,4-6,11-14H2,1-3H3,(H,26,27)/t18-,19?,22?/m0/s1. The van der Waals surface area contributed by atoms with E-state index in [4.69, 9.17) is 0 Å². The van der Waals surface area contributed by atoms with Gasteiger partial charge in [-0.2, -0.15) is 0 Å². The normalized spacial score (nSPS) is 22.1.